The maximum absolute atomic E-state index is 13.3. The maximum Gasteiger partial charge on any atom is 0.243 e. The monoisotopic (exact) mass is 287 g/mol. The second kappa shape index (κ2) is 6.01. The SMILES string of the molecule is CCCN(C(C)C)S(=O)(=O)c1c(C)cc(F)cc1C. The highest BCUT2D eigenvalue weighted by molar-refractivity contribution is 7.89. The second-order valence-electron chi connectivity index (χ2n) is 5.08. The van der Waals surface area contributed by atoms with Crippen LogP contribution >= 0.6 is 0 Å². The summed E-state index contributed by atoms with van der Waals surface area (Å²) in [6.07, 6.45) is 0.747. The van der Waals surface area contributed by atoms with E-state index in [1.54, 1.807) is 13.8 Å². The number of benzene rings is 1. The Kier molecular flexibility index (Phi) is 5.10. The molecule has 0 saturated carbocycles. The number of halogens is 1. The van der Waals surface area contributed by atoms with Crippen molar-refractivity contribution in [3.8, 4) is 0 Å². The molecule has 0 saturated heterocycles. The zero-order valence-electron chi connectivity index (χ0n) is 12.2. The Bertz CT molecular complexity index is 530. The first-order chi connectivity index (χ1) is 8.71. The molecular formula is C14H22FNO2S. The number of hydrogen-bond acceptors (Lipinski definition) is 2. The van der Waals surface area contributed by atoms with Crippen molar-refractivity contribution in [1.82, 2.24) is 4.31 Å². The van der Waals surface area contributed by atoms with Crippen molar-refractivity contribution < 1.29 is 12.8 Å². The molecule has 5 heteroatoms. The van der Waals surface area contributed by atoms with Gasteiger partial charge in [-0.25, -0.2) is 12.8 Å². The minimum atomic E-state index is -3.57. The summed E-state index contributed by atoms with van der Waals surface area (Å²) in [4.78, 5) is 0.232. The lowest BCUT2D eigenvalue weighted by molar-refractivity contribution is 0.353. The van der Waals surface area contributed by atoms with Crippen molar-refractivity contribution in [2.45, 2.75) is 52.0 Å². The minimum Gasteiger partial charge on any atom is -0.207 e. The van der Waals surface area contributed by atoms with E-state index in [0.29, 0.717) is 17.7 Å². The predicted octanol–water partition coefficient (Wildman–Crippen LogP) is 3.25. The van der Waals surface area contributed by atoms with Crippen LogP contribution in [0.1, 0.15) is 38.3 Å². The number of rotatable bonds is 5. The van der Waals surface area contributed by atoms with Gasteiger partial charge in [-0.2, -0.15) is 4.31 Å². The Morgan fingerprint density at radius 2 is 1.68 bits per heavy atom. The van der Waals surface area contributed by atoms with Gasteiger partial charge >= 0.3 is 0 Å². The average Bonchev–Trinajstić information content (AvgIpc) is 2.22. The second-order valence-corrected chi connectivity index (χ2v) is 6.91. The first kappa shape index (κ1) is 16.1. The van der Waals surface area contributed by atoms with Crippen LogP contribution in [0.15, 0.2) is 17.0 Å². The highest BCUT2D eigenvalue weighted by Crippen LogP contribution is 2.26. The molecule has 0 unspecified atom stereocenters. The lowest BCUT2D eigenvalue weighted by atomic mass is 10.1. The van der Waals surface area contributed by atoms with E-state index in [0.717, 1.165) is 6.42 Å². The molecule has 0 bridgehead atoms. The number of aryl methyl sites for hydroxylation is 2. The molecule has 0 aliphatic heterocycles. The Morgan fingerprint density at radius 3 is 2.05 bits per heavy atom. The first-order valence-electron chi connectivity index (χ1n) is 6.50. The van der Waals surface area contributed by atoms with E-state index in [-0.39, 0.29) is 10.9 Å². The largest absolute Gasteiger partial charge is 0.243 e. The highest BCUT2D eigenvalue weighted by atomic mass is 32.2. The van der Waals surface area contributed by atoms with E-state index in [4.69, 9.17) is 0 Å². The molecule has 0 aliphatic carbocycles. The van der Waals surface area contributed by atoms with Crippen molar-refractivity contribution >= 4 is 10.0 Å². The number of nitrogens with zero attached hydrogens (tertiary/aromatic N) is 1. The van der Waals surface area contributed by atoms with Gasteiger partial charge in [0.1, 0.15) is 5.82 Å². The molecule has 0 atom stereocenters. The van der Waals surface area contributed by atoms with Crippen molar-refractivity contribution in [1.29, 1.82) is 0 Å². The fourth-order valence-corrected chi connectivity index (χ4v) is 4.44. The molecule has 0 N–H and O–H groups in total. The lowest BCUT2D eigenvalue weighted by Gasteiger charge is -2.27. The van der Waals surface area contributed by atoms with Crippen LogP contribution in [0.5, 0.6) is 0 Å². The van der Waals surface area contributed by atoms with E-state index in [2.05, 4.69) is 0 Å². The van der Waals surface area contributed by atoms with E-state index in [1.165, 1.54) is 16.4 Å². The number of sulfonamides is 1. The van der Waals surface area contributed by atoms with E-state index in [1.807, 2.05) is 20.8 Å². The molecule has 0 fully saturated rings. The normalized spacial score (nSPS) is 12.4. The van der Waals surface area contributed by atoms with Crippen molar-refractivity contribution in [3.63, 3.8) is 0 Å². The van der Waals surface area contributed by atoms with Gasteiger partial charge in [0, 0.05) is 12.6 Å². The number of hydrogen-bond donors (Lipinski definition) is 0. The van der Waals surface area contributed by atoms with Gasteiger partial charge in [-0.15, -0.1) is 0 Å². The standard InChI is InChI=1S/C14H22FNO2S/c1-6-7-16(10(2)3)19(17,18)14-11(4)8-13(15)9-12(14)5/h8-10H,6-7H2,1-5H3. The smallest absolute Gasteiger partial charge is 0.207 e. The molecule has 1 aromatic carbocycles. The molecule has 0 aromatic heterocycles. The first-order valence-corrected chi connectivity index (χ1v) is 7.94. The maximum atomic E-state index is 13.3. The molecule has 0 heterocycles. The lowest BCUT2D eigenvalue weighted by Crippen LogP contribution is -2.38. The summed E-state index contributed by atoms with van der Waals surface area (Å²) in [5, 5.41) is 0. The molecule has 0 spiro atoms. The summed E-state index contributed by atoms with van der Waals surface area (Å²) in [6, 6.07) is 2.42. The van der Waals surface area contributed by atoms with Crippen LogP contribution in [0, 0.1) is 19.7 Å². The average molecular weight is 287 g/mol. The molecule has 1 aromatic rings. The molecule has 0 amide bonds. The van der Waals surface area contributed by atoms with Gasteiger partial charge in [-0.3, -0.25) is 0 Å². The fraction of sp³-hybridized carbons (Fsp3) is 0.571. The third-order valence-electron chi connectivity index (χ3n) is 3.01. The molecule has 0 aliphatic rings. The molecule has 19 heavy (non-hydrogen) atoms. The van der Waals surface area contributed by atoms with E-state index in [9.17, 15) is 12.8 Å². The van der Waals surface area contributed by atoms with Crippen LogP contribution in [0.2, 0.25) is 0 Å². The zero-order valence-corrected chi connectivity index (χ0v) is 13.0. The summed E-state index contributed by atoms with van der Waals surface area (Å²) in [5.74, 6) is -0.402. The Hall–Kier alpha value is -0.940. The zero-order chi connectivity index (χ0) is 14.8. The Morgan fingerprint density at radius 1 is 1.21 bits per heavy atom. The molecule has 0 radical (unpaired) electrons. The van der Waals surface area contributed by atoms with Crippen LogP contribution < -0.4 is 0 Å². The Labute approximate surface area is 115 Å². The molecule has 108 valence electrons. The van der Waals surface area contributed by atoms with Crippen molar-refractivity contribution in [2.24, 2.45) is 0 Å². The van der Waals surface area contributed by atoms with E-state index >= 15 is 0 Å². The predicted molar refractivity (Wildman–Crippen MR) is 75.2 cm³/mol. The summed E-state index contributed by atoms with van der Waals surface area (Å²) in [6.45, 7) is 9.37. The van der Waals surface area contributed by atoms with E-state index < -0.39 is 15.8 Å². The minimum absolute atomic E-state index is 0.117. The molecule has 3 nitrogen and oxygen atoms in total. The third-order valence-corrected chi connectivity index (χ3v) is 5.39. The van der Waals surface area contributed by atoms with Crippen LogP contribution in [-0.2, 0) is 10.0 Å². The summed E-state index contributed by atoms with van der Waals surface area (Å²) < 4.78 is 40.2. The van der Waals surface area contributed by atoms with Gasteiger partial charge in [0.15, 0.2) is 0 Å². The van der Waals surface area contributed by atoms with Crippen LogP contribution in [0.3, 0.4) is 0 Å². The summed E-state index contributed by atoms with van der Waals surface area (Å²) in [7, 11) is -3.57. The molecular weight excluding hydrogens is 265 g/mol. The third kappa shape index (κ3) is 3.34. The van der Waals surface area contributed by atoms with Crippen LogP contribution in [0.25, 0.3) is 0 Å². The van der Waals surface area contributed by atoms with Crippen LogP contribution in [-0.4, -0.2) is 25.3 Å². The van der Waals surface area contributed by atoms with Crippen LogP contribution in [0.4, 0.5) is 4.39 Å². The summed E-state index contributed by atoms with van der Waals surface area (Å²) in [5.41, 5.74) is 0.915. The van der Waals surface area contributed by atoms with Crippen molar-refractivity contribution in [2.75, 3.05) is 6.54 Å². The van der Waals surface area contributed by atoms with Gasteiger partial charge in [0.2, 0.25) is 10.0 Å². The van der Waals surface area contributed by atoms with Gasteiger partial charge in [-0.05, 0) is 57.4 Å². The summed E-state index contributed by atoms with van der Waals surface area (Å²) >= 11 is 0. The van der Waals surface area contributed by atoms with Gasteiger partial charge in [0.05, 0.1) is 4.90 Å². The highest BCUT2D eigenvalue weighted by Gasteiger charge is 2.29. The van der Waals surface area contributed by atoms with Gasteiger partial charge in [-0.1, -0.05) is 6.92 Å². The van der Waals surface area contributed by atoms with Gasteiger partial charge < -0.3 is 0 Å². The fourth-order valence-electron chi connectivity index (χ4n) is 2.30. The topological polar surface area (TPSA) is 37.4 Å². The van der Waals surface area contributed by atoms with Gasteiger partial charge in [0.25, 0.3) is 0 Å². The quantitative estimate of drug-likeness (QED) is 0.833. The van der Waals surface area contributed by atoms with Crippen molar-refractivity contribution in [3.05, 3.63) is 29.1 Å². The Balaban J connectivity index is 3.42. The molecule has 1 rings (SSSR count).